The van der Waals surface area contributed by atoms with Crippen LogP contribution in [-0.2, 0) is 6.42 Å². The molecule has 1 aromatic carbocycles. The number of nitrogens with one attached hydrogen (secondary N) is 1. The molecule has 1 nitrogen and oxygen atoms in total. The molecule has 0 aliphatic heterocycles. The van der Waals surface area contributed by atoms with Crippen LogP contribution in [0.4, 0.5) is 0 Å². The van der Waals surface area contributed by atoms with E-state index in [4.69, 9.17) is 0 Å². The molecule has 1 heteroatoms. The summed E-state index contributed by atoms with van der Waals surface area (Å²) in [6.07, 6.45) is 3.68. The standard InChI is InChI=1S/C14H23N/c1-12(2)11-14(15-3)10-9-13-7-5-4-6-8-13/h4-8,12,14-15H,9-11H2,1-3H3. The van der Waals surface area contributed by atoms with E-state index in [2.05, 4.69) is 56.5 Å². The maximum absolute atomic E-state index is 3.40. The van der Waals surface area contributed by atoms with Gasteiger partial charge in [-0.05, 0) is 37.8 Å². The largest absolute Gasteiger partial charge is 0.317 e. The van der Waals surface area contributed by atoms with Gasteiger partial charge in [0.05, 0.1) is 0 Å². The van der Waals surface area contributed by atoms with Gasteiger partial charge < -0.3 is 5.32 Å². The van der Waals surface area contributed by atoms with Crippen molar-refractivity contribution in [1.29, 1.82) is 0 Å². The summed E-state index contributed by atoms with van der Waals surface area (Å²) in [6.45, 7) is 4.57. The molecule has 1 rings (SSSR count). The Balaban J connectivity index is 2.34. The summed E-state index contributed by atoms with van der Waals surface area (Å²) in [5.41, 5.74) is 1.45. The number of hydrogen-bond acceptors (Lipinski definition) is 1. The highest BCUT2D eigenvalue weighted by Crippen LogP contribution is 2.11. The molecule has 0 spiro atoms. The Bertz CT molecular complexity index is 253. The van der Waals surface area contributed by atoms with E-state index in [0.717, 1.165) is 5.92 Å². The SMILES string of the molecule is CNC(CCc1ccccc1)CC(C)C. The Morgan fingerprint density at radius 3 is 2.33 bits per heavy atom. The third kappa shape index (κ3) is 4.98. The van der Waals surface area contributed by atoms with E-state index in [-0.39, 0.29) is 0 Å². The molecule has 0 amide bonds. The molecule has 15 heavy (non-hydrogen) atoms. The van der Waals surface area contributed by atoms with Crippen LogP contribution in [0, 0.1) is 5.92 Å². The van der Waals surface area contributed by atoms with Crippen molar-refractivity contribution < 1.29 is 0 Å². The molecule has 0 saturated carbocycles. The van der Waals surface area contributed by atoms with E-state index < -0.39 is 0 Å². The van der Waals surface area contributed by atoms with E-state index >= 15 is 0 Å². The van der Waals surface area contributed by atoms with Gasteiger partial charge in [-0.15, -0.1) is 0 Å². The smallest absolute Gasteiger partial charge is 0.00696 e. The summed E-state index contributed by atoms with van der Waals surface area (Å²) in [5.74, 6) is 0.776. The van der Waals surface area contributed by atoms with Crippen molar-refractivity contribution in [2.75, 3.05) is 7.05 Å². The van der Waals surface area contributed by atoms with Gasteiger partial charge in [0, 0.05) is 6.04 Å². The first-order valence-electron chi connectivity index (χ1n) is 5.93. The quantitative estimate of drug-likeness (QED) is 0.751. The molecule has 0 heterocycles. The molecule has 0 saturated heterocycles. The number of aryl methyl sites for hydroxylation is 1. The molecule has 84 valence electrons. The first-order valence-corrected chi connectivity index (χ1v) is 5.93. The molecule has 0 aliphatic rings. The first-order chi connectivity index (χ1) is 7.22. The Morgan fingerprint density at radius 2 is 1.80 bits per heavy atom. The zero-order valence-corrected chi connectivity index (χ0v) is 10.2. The molecular formula is C14H23N. The van der Waals surface area contributed by atoms with E-state index in [1.54, 1.807) is 0 Å². The van der Waals surface area contributed by atoms with Crippen LogP contribution in [-0.4, -0.2) is 13.1 Å². The predicted octanol–water partition coefficient (Wildman–Crippen LogP) is 3.25. The fourth-order valence-corrected chi connectivity index (χ4v) is 1.93. The van der Waals surface area contributed by atoms with Crippen molar-refractivity contribution in [3.63, 3.8) is 0 Å². The molecule has 0 radical (unpaired) electrons. The average Bonchev–Trinajstić information content (AvgIpc) is 2.25. The maximum Gasteiger partial charge on any atom is 0.00696 e. The molecule has 1 aromatic rings. The summed E-state index contributed by atoms with van der Waals surface area (Å²) in [6, 6.07) is 11.4. The highest BCUT2D eigenvalue weighted by Gasteiger charge is 2.08. The third-order valence-electron chi connectivity index (χ3n) is 2.79. The van der Waals surface area contributed by atoms with Gasteiger partial charge >= 0.3 is 0 Å². The molecule has 0 aliphatic carbocycles. The van der Waals surface area contributed by atoms with Crippen LogP contribution < -0.4 is 5.32 Å². The van der Waals surface area contributed by atoms with Gasteiger partial charge in [-0.3, -0.25) is 0 Å². The zero-order chi connectivity index (χ0) is 11.1. The predicted molar refractivity (Wildman–Crippen MR) is 67.1 cm³/mol. The second-order valence-corrected chi connectivity index (χ2v) is 4.64. The summed E-state index contributed by atoms with van der Waals surface area (Å²) >= 11 is 0. The second kappa shape index (κ2) is 6.62. The van der Waals surface area contributed by atoms with Gasteiger partial charge in [0.25, 0.3) is 0 Å². The second-order valence-electron chi connectivity index (χ2n) is 4.64. The van der Waals surface area contributed by atoms with Crippen molar-refractivity contribution >= 4 is 0 Å². The number of rotatable bonds is 6. The fourth-order valence-electron chi connectivity index (χ4n) is 1.93. The molecular weight excluding hydrogens is 182 g/mol. The highest BCUT2D eigenvalue weighted by molar-refractivity contribution is 5.14. The monoisotopic (exact) mass is 205 g/mol. The van der Waals surface area contributed by atoms with Gasteiger partial charge in [-0.1, -0.05) is 44.2 Å². The van der Waals surface area contributed by atoms with Crippen LogP contribution >= 0.6 is 0 Å². The third-order valence-corrected chi connectivity index (χ3v) is 2.79. The normalized spacial score (nSPS) is 13.1. The minimum atomic E-state index is 0.658. The Labute approximate surface area is 93.9 Å². The number of benzene rings is 1. The first kappa shape index (κ1) is 12.3. The molecule has 0 aromatic heterocycles. The van der Waals surface area contributed by atoms with Crippen LogP contribution in [0.1, 0.15) is 32.3 Å². The van der Waals surface area contributed by atoms with E-state index in [1.807, 2.05) is 0 Å². The van der Waals surface area contributed by atoms with Crippen molar-refractivity contribution in [3.05, 3.63) is 35.9 Å². The van der Waals surface area contributed by atoms with E-state index in [9.17, 15) is 0 Å². The minimum Gasteiger partial charge on any atom is -0.317 e. The van der Waals surface area contributed by atoms with Crippen LogP contribution in [0.25, 0.3) is 0 Å². The molecule has 1 atom stereocenters. The van der Waals surface area contributed by atoms with Gasteiger partial charge in [-0.2, -0.15) is 0 Å². The van der Waals surface area contributed by atoms with Gasteiger partial charge in [0.2, 0.25) is 0 Å². The Morgan fingerprint density at radius 1 is 1.13 bits per heavy atom. The molecule has 0 fully saturated rings. The van der Waals surface area contributed by atoms with Crippen LogP contribution in [0.3, 0.4) is 0 Å². The van der Waals surface area contributed by atoms with Crippen molar-refractivity contribution in [2.24, 2.45) is 5.92 Å². The lowest BCUT2D eigenvalue weighted by Crippen LogP contribution is -2.27. The lowest BCUT2D eigenvalue weighted by molar-refractivity contribution is 0.422. The summed E-state index contributed by atoms with van der Waals surface area (Å²) < 4.78 is 0. The summed E-state index contributed by atoms with van der Waals surface area (Å²) in [5, 5.41) is 3.40. The van der Waals surface area contributed by atoms with Crippen LogP contribution in [0.15, 0.2) is 30.3 Å². The van der Waals surface area contributed by atoms with E-state index in [0.29, 0.717) is 6.04 Å². The highest BCUT2D eigenvalue weighted by atomic mass is 14.9. The van der Waals surface area contributed by atoms with Crippen molar-refractivity contribution in [3.8, 4) is 0 Å². The summed E-state index contributed by atoms with van der Waals surface area (Å²) in [7, 11) is 2.07. The van der Waals surface area contributed by atoms with Gasteiger partial charge in [0.1, 0.15) is 0 Å². The van der Waals surface area contributed by atoms with E-state index in [1.165, 1.54) is 24.8 Å². The minimum absolute atomic E-state index is 0.658. The van der Waals surface area contributed by atoms with Gasteiger partial charge in [-0.25, -0.2) is 0 Å². The lowest BCUT2D eigenvalue weighted by Gasteiger charge is -2.18. The molecule has 1 N–H and O–H groups in total. The number of hydrogen-bond donors (Lipinski definition) is 1. The van der Waals surface area contributed by atoms with Gasteiger partial charge in [0.15, 0.2) is 0 Å². The average molecular weight is 205 g/mol. The topological polar surface area (TPSA) is 12.0 Å². The zero-order valence-electron chi connectivity index (χ0n) is 10.2. The lowest BCUT2D eigenvalue weighted by atomic mass is 9.98. The Hall–Kier alpha value is -0.820. The van der Waals surface area contributed by atoms with Crippen LogP contribution in [0.2, 0.25) is 0 Å². The van der Waals surface area contributed by atoms with Crippen molar-refractivity contribution in [2.45, 2.75) is 39.2 Å². The maximum atomic E-state index is 3.40. The fraction of sp³-hybridized carbons (Fsp3) is 0.571. The van der Waals surface area contributed by atoms with Crippen LogP contribution in [0.5, 0.6) is 0 Å². The van der Waals surface area contributed by atoms with Crippen molar-refractivity contribution in [1.82, 2.24) is 5.32 Å². The summed E-state index contributed by atoms with van der Waals surface area (Å²) in [4.78, 5) is 0. The molecule has 0 bridgehead atoms. The Kier molecular flexibility index (Phi) is 5.41. The molecule has 1 unspecified atom stereocenters.